The van der Waals surface area contributed by atoms with Gasteiger partial charge in [-0.2, -0.15) is 8.42 Å². The van der Waals surface area contributed by atoms with Crippen LogP contribution in [-0.4, -0.2) is 15.5 Å². The molecule has 0 aromatic heterocycles. The minimum Gasteiger partial charge on any atom is -0.495 e. The molecule has 0 unspecified atom stereocenters. The monoisotopic (exact) mass is 408 g/mol. The number of methoxy groups -OCH3 is 1. The first-order valence-electron chi connectivity index (χ1n) is 5.46. The Bertz CT molecular complexity index is 714. The molecule has 0 bridgehead atoms. The fourth-order valence-electron chi connectivity index (χ4n) is 1.55. The van der Waals surface area contributed by atoms with Crippen LogP contribution in [-0.2, 0) is 10.2 Å². The van der Waals surface area contributed by atoms with Crippen LogP contribution in [0, 0.1) is 3.57 Å². The second-order valence-electron chi connectivity index (χ2n) is 3.81. The summed E-state index contributed by atoms with van der Waals surface area (Å²) < 4.78 is 46.6. The summed E-state index contributed by atoms with van der Waals surface area (Å²) in [6.45, 7) is 0. The number of rotatable bonds is 4. The van der Waals surface area contributed by atoms with Crippen molar-refractivity contribution in [1.82, 2.24) is 0 Å². The van der Waals surface area contributed by atoms with E-state index in [1.807, 2.05) is 12.1 Å². The summed E-state index contributed by atoms with van der Waals surface area (Å²) in [5.41, 5.74) is 0. The molecule has 0 atom stereocenters. The van der Waals surface area contributed by atoms with Crippen LogP contribution in [0.4, 0.5) is 3.89 Å². The van der Waals surface area contributed by atoms with Gasteiger partial charge in [-0.15, -0.1) is 3.89 Å². The topological polar surface area (TPSA) is 52.6 Å². The zero-order chi connectivity index (χ0) is 14.8. The average Bonchev–Trinajstić information content (AvgIpc) is 2.40. The van der Waals surface area contributed by atoms with Crippen LogP contribution in [0.5, 0.6) is 17.2 Å². The third-order valence-electron chi connectivity index (χ3n) is 2.45. The lowest BCUT2D eigenvalue weighted by molar-refractivity contribution is 0.398. The Labute approximate surface area is 129 Å². The summed E-state index contributed by atoms with van der Waals surface area (Å²) in [6.07, 6.45) is 0. The summed E-state index contributed by atoms with van der Waals surface area (Å²) in [5.74, 6) is 0.670. The Hall–Kier alpha value is -1.35. The molecular formula is C13H10FIO4S. The van der Waals surface area contributed by atoms with E-state index < -0.39 is 15.1 Å². The van der Waals surface area contributed by atoms with E-state index in [1.165, 1.54) is 19.2 Å². The third kappa shape index (κ3) is 3.60. The van der Waals surface area contributed by atoms with Gasteiger partial charge >= 0.3 is 10.2 Å². The summed E-state index contributed by atoms with van der Waals surface area (Å²) in [7, 11) is -3.61. The standard InChI is InChI=1S/C13H10FIO4S/c1-18-12-7-6-11(8-13(12)20(14,16)17)19-10-4-2-9(15)3-5-10/h2-8H,1H3. The van der Waals surface area contributed by atoms with E-state index in [9.17, 15) is 12.3 Å². The fourth-order valence-corrected chi connectivity index (χ4v) is 2.56. The summed E-state index contributed by atoms with van der Waals surface area (Å²) in [6, 6.07) is 11.1. The van der Waals surface area contributed by atoms with Gasteiger partial charge in [-0.25, -0.2) is 0 Å². The van der Waals surface area contributed by atoms with Crippen molar-refractivity contribution in [2.24, 2.45) is 0 Å². The van der Waals surface area contributed by atoms with E-state index in [4.69, 9.17) is 9.47 Å². The van der Waals surface area contributed by atoms with Gasteiger partial charge < -0.3 is 9.47 Å². The molecule has 2 rings (SSSR count). The van der Waals surface area contributed by atoms with Crippen LogP contribution in [0.2, 0.25) is 0 Å². The van der Waals surface area contributed by atoms with Crippen molar-refractivity contribution in [2.45, 2.75) is 4.90 Å². The Morgan fingerprint density at radius 3 is 2.20 bits per heavy atom. The lowest BCUT2D eigenvalue weighted by atomic mass is 10.3. The van der Waals surface area contributed by atoms with Gasteiger partial charge in [0.2, 0.25) is 0 Å². The molecule has 106 valence electrons. The molecule has 0 N–H and O–H groups in total. The average molecular weight is 408 g/mol. The van der Waals surface area contributed by atoms with E-state index in [2.05, 4.69) is 22.6 Å². The quantitative estimate of drug-likeness (QED) is 0.572. The Morgan fingerprint density at radius 1 is 1.05 bits per heavy atom. The van der Waals surface area contributed by atoms with Crippen molar-refractivity contribution < 1.29 is 21.8 Å². The Balaban J connectivity index is 2.36. The Morgan fingerprint density at radius 2 is 1.65 bits per heavy atom. The highest BCUT2D eigenvalue weighted by molar-refractivity contribution is 14.1. The van der Waals surface area contributed by atoms with E-state index in [1.54, 1.807) is 12.1 Å². The van der Waals surface area contributed by atoms with Crippen LogP contribution in [0.1, 0.15) is 0 Å². The SMILES string of the molecule is COc1ccc(Oc2ccc(I)cc2)cc1S(=O)(=O)F. The van der Waals surface area contributed by atoms with Crippen LogP contribution in [0.15, 0.2) is 47.4 Å². The van der Waals surface area contributed by atoms with Crippen molar-refractivity contribution in [2.75, 3.05) is 7.11 Å². The molecule has 0 amide bonds. The second kappa shape index (κ2) is 5.96. The number of hydrogen-bond acceptors (Lipinski definition) is 4. The van der Waals surface area contributed by atoms with Crippen molar-refractivity contribution in [3.8, 4) is 17.2 Å². The molecule has 0 aliphatic heterocycles. The molecule has 0 radical (unpaired) electrons. The number of benzene rings is 2. The largest absolute Gasteiger partial charge is 0.495 e. The zero-order valence-corrected chi connectivity index (χ0v) is 13.3. The van der Waals surface area contributed by atoms with Gasteiger partial charge in [-0.05, 0) is 59.0 Å². The first-order valence-corrected chi connectivity index (χ1v) is 7.92. The van der Waals surface area contributed by atoms with Crippen molar-refractivity contribution in [3.05, 3.63) is 46.0 Å². The minimum atomic E-state index is -4.87. The van der Waals surface area contributed by atoms with Gasteiger partial charge in [0.25, 0.3) is 0 Å². The maximum Gasteiger partial charge on any atom is 0.335 e. The summed E-state index contributed by atoms with van der Waals surface area (Å²) in [4.78, 5) is -0.553. The summed E-state index contributed by atoms with van der Waals surface area (Å²) >= 11 is 2.15. The molecule has 0 aliphatic rings. The zero-order valence-electron chi connectivity index (χ0n) is 10.3. The highest BCUT2D eigenvalue weighted by atomic mass is 127. The highest BCUT2D eigenvalue weighted by Gasteiger charge is 2.19. The van der Waals surface area contributed by atoms with E-state index in [0.717, 1.165) is 9.64 Å². The van der Waals surface area contributed by atoms with E-state index in [-0.39, 0.29) is 11.5 Å². The molecule has 4 nitrogen and oxygen atoms in total. The minimum absolute atomic E-state index is 0.0672. The van der Waals surface area contributed by atoms with Gasteiger partial charge in [0.1, 0.15) is 22.1 Å². The van der Waals surface area contributed by atoms with Crippen LogP contribution >= 0.6 is 22.6 Å². The van der Waals surface area contributed by atoms with Gasteiger partial charge in [0.15, 0.2) is 0 Å². The molecule has 2 aromatic carbocycles. The van der Waals surface area contributed by atoms with Crippen molar-refractivity contribution >= 4 is 32.8 Å². The molecule has 2 aromatic rings. The highest BCUT2D eigenvalue weighted by Crippen LogP contribution is 2.31. The number of hydrogen-bond donors (Lipinski definition) is 0. The van der Waals surface area contributed by atoms with Crippen molar-refractivity contribution in [1.29, 1.82) is 0 Å². The van der Waals surface area contributed by atoms with Crippen LogP contribution in [0.3, 0.4) is 0 Å². The molecule has 0 saturated heterocycles. The molecule has 0 fully saturated rings. The van der Waals surface area contributed by atoms with Gasteiger partial charge in [0.05, 0.1) is 7.11 Å². The van der Waals surface area contributed by atoms with Gasteiger partial charge in [-0.1, -0.05) is 0 Å². The predicted molar refractivity (Wildman–Crippen MR) is 80.5 cm³/mol. The maximum atomic E-state index is 13.2. The van der Waals surface area contributed by atoms with Crippen LogP contribution < -0.4 is 9.47 Å². The molecule has 7 heteroatoms. The number of halogens is 2. The fraction of sp³-hybridized carbons (Fsp3) is 0.0769. The Kier molecular flexibility index (Phi) is 4.48. The molecule has 0 saturated carbocycles. The smallest absolute Gasteiger partial charge is 0.335 e. The lowest BCUT2D eigenvalue weighted by Crippen LogP contribution is -1.97. The third-order valence-corrected chi connectivity index (χ3v) is 4.01. The predicted octanol–water partition coefficient (Wildman–Crippen LogP) is 3.75. The van der Waals surface area contributed by atoms with Crippen molar-refractivity contribution in [3.63, 3.8) is 0 Å². The normalized spacial score (nSPS) is 11.2. The first-order chi connectivity index (χ1) is 9.40. The maximum absolute atomic E-state index is 13.2. The molecule has 0 aliphatic carbocycles. The molecular weight excluding hydrogens is 398 g/mol. The first kappa shape index (κ1) is 15.0. The van der Waals surface area contributed by atoms with Gasteiger partial charge in [-0.3, -0.25) is 0 Å². The molecule has 0 heterocycles. The van der Waals surface area contributed by atoms with Crippen LogP contribution in [0.25, 0.3) is 0 Å². The van der Waals surface area contributed by atoms with E-state index in [0.29, 0.717) is 5.75 Å². The molecule has 0 spiro atoms. The van der Waals surface area contributed by atoms with E-state index >= 15 is 0 Å². The van der Waals surface area contributed by atoms with Gasteiger partial charge in [0, 0.05) is 9.64 Å². The lowest BCUT2D eigenvalue weighted by Gasteiger charge is -2.09. The summed E-state index contributed by atoms with van der Waals surface area (Å²) in [5, 5.41) is 0. The number of ether oxygens (including phenoxy) is 2. The molecule has 20 heavy (non-hydrogen) atoms. The second-order valence-corrected chi connectivity index (χ2v) is 6.37.